The number of rotatable bonds is 2. The number of halogens is 3. The third-order valence-corrected chi connectivity index (χ3v) is 4.10. The Balaban J connectivity index is 2.85. The normalized spacial score (nSPS) is 11.8. The molecule has 0 unspecified atom stereocenters. The second-order valence-corrected chi connectivity index (χ2v) is 5.98. The number of alkyl halides is 2. The quantitative estimate of drug-likeness (QED) is 0.812. The first-order valence-electron chi connectivity index (χ1n) is 6.39. The van der Waals surface area contributed by atoms with Crippen molar-refractivity contribution in [2.24, 2.45) is 7.05 Å². The van der Waals surface area contributed by atoms with E-state index in [9.17, 15) is 18.4 Å². The fraction of sp³-hybridized carbons (Fsp3) is 0.357. The summed E-state index contributed by atoms with van der Waals surface area (Å²) in [4.78, 5) is 28.7. The van der Waals surface area contributed by atoms with E-state index < -0.39 is 22.9 Å². The average molecular weight is 374 g/mol. The third-order valence-electron chi connectivity index (χ3n) is 3.30. The van der Waals surface area contributed by atoms with Crippen LogP contribution in [0.4, 0.5) is 8.78 Å². The first kappa shape index (κ1) is 16.5. The molecule has 2 rings (SSSR count). The molecule has 5 nitrogen and oxygen atoms in total. The Labute approximate surface area is 133 Å². The van der Waals surface area contributed by atoms with Gasteiger partial charge in [-0.25, -0.2) is 23.1 Å². The van der Waals surface area contributed by atoms with Crippen LogP contribution < -0.4 is 11.2 Å². The van der Waals surface area contributed by atoms with E-state index in [-0.39, 0.29) is 5.82 Å². The zero-order valence-electron chi connectivity index (χ0n) is 12.4. The Morgan fingerprint density at radius 3 is 2.36 bits per heavy atom. The Morgan fingerprint density at radius 1 is 1.23 bits per heavy atom. The highest BCUT2D eigenvalue weighted by molar-refractivity contribution is 9.10. The lowest BCUT2D eigenvalue weighted by Crippen LogP contribution is -2.41. The molecule has 0 aliphatic heterocycles. The molecule has 118 valence electrons. The second-order valence-electron chi connectivity index (χ2n) is 5.13. The van der Waals surface area contributed by atoms with Crippen LogP contribution in [0.5, 0.6) is 0 Å². The van der Waals surface area contributed by atoms with E-state index in [0.29, 0.717) is 18.2 Å². The van der Waals surface area contributed by atoms with Gasteiger partial charge in [0.05, 0.1) is 11.4 Å². The molecule has 2 heterocycles. The van der Waals surface area contributed by atoms with E-state index >= 15 is 0 Å². The molecule has 0 aliphatic carbocycles. The molecule has 8 heteroatoms. The van der Waals surface area contributed by atoms with Crippen LogP contribution in [-0.2, 0) is 13.0 Å². The van der Waals surface area contributed by atoms with Gasteiger partial charge in [0.2, 0.25) is 0 Å². The van der Waals surface area contributed by atoms with Crippen LogP contribution >= 0.6 is 15.9 Å². The van der Waals surface area contributed by atoms with Crippen LogP contribution in [0.15, 0.2) is 26.2 Å². The van der Waals surface area contributed by atoms with Gasteiger partial charge < -0.3 is 0 Å². The SMILES string of the molecule is Cc1cc(Br)c(C)nc1-n1c(=O)cc(C(C)(F)F)n(C)c1=O. The summed E-state index contributed by atoms with van der Waals surface area (Å²) >= 11 is 3.31. The highest BCUT2D eigenvalue weighted by Crippen LogP contribution is 2.24. The molecule has 0 spiro atoms. The molecule has 22 heavy (non-hydrogen) atoms. The number of pyridine rings is 1. The van der Waals surface area contributed by atoms with Crippen molar-refractivity contribution in [1.29, 1.82) is 0 Å². The zero-order valence-corrected chi connectivity index (χ0v) is 14.0. The first-order valence-corrected chi connectivity index (χ1v) is 7.19. The van der Waals surface area contributed by atoms with Crippen LogP contribution in [-0.4, -0.2) is 14.1 Å². The molecule has 0 amide bonds. The molecule has 0 radical (unpaired) electrons. The minimum Gasteiger partial charge on any atom is -0.294 e. The maximum atomic E-state index is 13.5. The predicted octanol–water partition coefficient (Wildman–Crippen LogP) is 2.42. The van der Waals surface area contributed by atoms with E-state index in [2.05, 4.69) is 20.9 Å². The Hall–Kier alpha value is -1.83. The summed E-state index contributed by atoms with van der Waals surface area (Å²) in [6.45, 7) is 4.02. The molecule has 2 aromatic rings. The van der Waals surface area contributed by atoms with Crippen LogP contribution in [0.2, 0.25) is 0 Å². The van der Waals surface area contributed by atoms with Crippen molar-refractivity contribution >= 4 is 15.9 Å². The summed E-state index contributed by atoms with van der Waals surface area (Å²) in [6, 6.07) is 2.48. The van der Waals surface area contributed by atoms with E-state index in [0.717, 1.165) is 19.7 Å². The Kier molecular flexibility index (Phi) is 4.08. The molecule has 0 atom stereocenters. The number of hydrogen-bond acceptors (Lipinski definition) is 3. The summed E-state index contributed by atoms with van der Waals surface area (Å²) in [7, 11) is 1.20. The van der Waals surface area contributed by atoms with Crippen LogP contribution in [0.25, 0.3) is 5.82 Å². The van der Waals surface area contributed by atoms with Gasteiger partial charge in [0.25, 0.3) is 11.5 Å². The van der Waals surface area contributed by atoms with Crippen molar-refractivity contribution in [3.8, 4) is 5.82 Å². The van der Waals surface area contributed by atoms with Crippen molar-refractivity contribution in [2.45, 2.75) is 26.7 Å². The summed E-state index contributed by atoms with van der Waals surface area (Å²) in [5.74, 6) is -3.15. The monoisotopic (exact) mass is 373 g/mol. The van der Waals surface area contributed by atoms with Crippen LogP contribution in [0.1, 0.15) is 23.9 Å². The van der Waals surface area contributed by atoms with Gasteiger partial charge in [0, 0.05) is 24.5 Å². The number of aromatic nitrogens is 3. The van der Waals surface area contributed by atoms with E-state index in [1.54, 1.807) is 19.9 Å². The predicted molar refractivity (Wildman–Crippen MR) is 81.8 cm³/mol. The largest absolute Gasteiger partial charge is 0.337 e. The van der Waals surface area contributed by atoms with Gasteiger partial charge >= 0.3 is 5.69 Å². The highest BCUT2D eigenvalue weighted by Gasteiger charge is 2.29. The topological polar surface area (TPSA) is 56.9 Å². The van der Waals surface area contributed by atoms with Gasteiger partial charge in [-0.05, 0) is 41.4 Å². The molecule has 0 aromatic carbocycles. The molecular weight excluding hydrogens is 360 g/mol. The van der Waals surface area contributed by atoms with E-state index in [4.69, 9.17) is 0 Å². The summed E-state index contributed by atoms with van der Waals surface area (Å²) in [5, 5.41) is 0. The standard InChI is InChI=1S/C14H14BrF2N3O2/c1-7-5-9(15)8(2)18-12(7)20-11(21)6-10(14(3,16)17)19(4)13(20)22/h5-6H,1-4H3. The number of hydrogen-bond donors (Lipinski definition) is 0. The van der Waals surface area contributed by atoms with Gasteiger partial charge in [-0.3, -0.25) is 9.36 Å². The van der Waals surface area contributed by atoms with Crippen molar-refractivity contribution < 1.29 is 8.78 Å². The summed E-state index contributed by atoms with van der Waals surface area (Å²) in [6.07, 6.45) is 0. The Morgan fingerprint density at radius 2 is 1.82 bits per heavy atom. The van der Waals surface area contributed by atoms with E-state index in [1.807, 2.05) is 0 Å². The van der Waals surface area contributed by atoms with Crippen molar-refractivity contribution in [1.82, 2.24) is 14.1 Å². The lowest BCUT2D eigenvalue weighted by molar-refractivity contribution is 0.00825. The van der Waals surface area contributed by atoms with Crippen molar-refractivity contribution in [3.63, 3.8) is 0 Å². The molecule has 0 saturated carbocycles. The maximum absolute atomic E-state index is 13.5. The molecule has 2 aromatic heterocycles. The van der Waals surface area contributed by atoms with Gasteiger partial charge in [-0.15, -0.1) is 0 Å². The van der Waals surface area contributed by atoms with E-state index in [1.165, 1.54) is 7.05 Å². The average Bonchev–Trinajstić information content (AvgIpc) is 2.38. The second kappa shape index (κ2) is 5.42. The summed E-state index contributed by atoms with van der Waals surface area (Å²) in [5.41, 5.74) is -1.17. The molecule has 0 saturated heterocycles. The van der Waals surface area contributed by atoms with Crippen LogP contribution in [0, 0.1) is 13.8 Å². The van der Waals surface area contributed by atoms with Gasteiger partial charge in [-0.2, -0.15) is 0 Å². The minimum absolute atomic E-state index is 0.136. The molecular formula is C14H14BrF2N3O2. The van der Waals surface area contributed by atoms with Crippen molar-refractivity contribution in [2.75, 3.05) is 0 Å². The minimum atomic E-state index is -3.29. The first-order chi connectivity index (χ1) is 10.0. The third kappa shape index (κ3) is 2.75. The van der Waals surface area contributed by atoms with Gasteiger partial charge in [0.1, 0.15) is 5.82 Å². The van der Waals surface area contributed by atoms with Crippen molar-refractivity contribution in [3.05, 3.63) is 54.4 Å². The van der Waals surface area contributed by atoms with Gasteiger partial charge in [0.15, 0.2) is 0 Å². The smallest absolute Gasteiger partial charge is 0.294 e. The lowest BCUT2D eigenvalue weighted by Gasteiger charge is -2.17. The fourth-order valence-corrected chi connectivity index (χ4v) is 2.56. The number of nitrogens with zero attached hydrogens (tertiary/aromatic N) is 3. The molecule has 0 fully saturated rings. The van der Waals surface area contributed by atoms with Crippen LogP contribution in [0.3, 0.4) is 0 Å². The highest BCUT2D eigenvalue weighted by atomic mass is 79.9. The van der Waals surface area contributed by atoms with Gasteiger partial charge in [-0.1, -0.05) is 0 Å². The fourth-order valence-electron chi connectivity index (χ4n) is 2.13. The molecule has 0 bridgehead atoms. The molecule has 0 aliphatic rings. The zero-order chi connectivity index (χ0) is 16.8. The number of aryl methyl sites for hydroxylation is 2. The Bertz CT molecular complexity index is 866. The summed E-state index contributed by atoms with van der Waals surface area (Å²) < 4.78 is 29.2. The molecule has 0 N–H and O–H groups in total. The maximum Gasteiger partial charge on any atom is 0.337 e. The lowest BCUT2D eigenvalue weighted by atomic mass is 10.2.